The van der Waals surface area contributed by atoms with Crippen molar-refractivity contribution in [3.8, 4) is 39.1 Å². The number of fused-ring (bicyclic) bond motifs is 4. The fourth-order valence-corrected chi connectivity index (χ4v) is 7.68. The smallest absolute Gasteiger partial charge is 0.268 e. The molecule has 0 bridgehead atoms. The summed E-state index contributed by atoms with van der Waals surface area (Å²) >= 11 is 0. The molecule has 0 radical (unpaired) electrons. The van der Waals surface area contributed by atoms with Crippen molar-refractivity contribution < 1.29 is 9.59 Å². The highest BCUT2D eigenvalue weighted by molar-refractivity contribution is 6.36. The maximum absolute atomic E-state index is 14.8. The van der Waals surface area contributed by atoms with Crippen molar-refractivity contribution in [2.24, 2.45) is 0 Å². The van der Waals surface area contributed by atoms with E-state index in [2.05, 4.69) is 103 Å². The van der Waals surface area contributed by atoms with Crippen LogP contribution < -0.4 is 4.90 Å². The Hall–Kier alpha value is -6.52. The molecule has 0 unspecified atom stereocenters. The van der Waals surface area contributed by atoms with E-state index in [-0.39, 0.29) is 11.8 Å². The van der Waals surface area contributed by atoms with E-state index >= 15 is 0 Å². The number of hydrogen-bond acceptors (Lipinski definition) is 2. The summed E-state index contributed by atoms with van der Waals surface area (Å²) in [4.78, 5) is 30.4. The van der Waals surface area contributed by atoms with E-state index in [0.29, 0.717) is 22.5 Å². The number of rotatable bonds is 5. The van der Waals surface area contributed by atoms with Crippen molar-refractivity contribution in [2.75, 3.05) is 4.90 Å². The first kappa shape index (κ1) is 29.6. The first-order chi connectivity index (χ1) is 24.5. The van der Waals surface area contributed by atoms with Gasteiger partial charge in [-0.15, -0.1) is 0 Å². The maximum atomic E-state index is 14.8. The Kier molecular flexibility index (Phi) is 6.85. The number of benzene rings is 7. The summed E-state index contributed by atoms with van der Waals surface area (Å²) < 4.78 is 2.24. The lowest BCUT2D eigenvalue weighted by molar-refractivity contribution is 0.0926. The average molecular weight is 645 g/mol. The molecule has 0 aliphatic carbocycles. The normalized spacial score (nSPS) is 12.6. The molecule has 1 aromatic heterocycles. The van der Waals surface area contributed by atoms with Crippen LogP contribution in [0.3, 0.4) is 0 Å². The SMILES string of the molecule is Cc1ccccc1-c1cccc2c3cccc(-c4ccccc4C)c3n(-c3cccc4c3C(=O)N(c3cccc(-c5ccccc5)c3)C4=O)c12. The molecular formula is C46H32N2O2. The van der Waals surface area contributed by atoms with Gasteiger partial charge in [0.1, 0.15) is 0 Å². The summed E-state index contributed by atoms with van der Waals surface area (Å²) in [7, 11) is 0. The fourth-order valence-electron chi connectivity index (χ4n) is 7.68. The predicted molar refractivity (Wildman–Crippen MR) is 204 cm³/mol. The van der Waals surface area contributed by atoms with Crippen molar-refractivity contribution in [2.45, 2.75) is 13.8 Å². The molecule has 8 aromatic rings. The van der Waals surface area contributed by atoms with Gasteiger partial charge in [-0.2, -0.15) is 0 Å². The highest BCUT2D eigenvalue weighted by Crippen LogP contribution is 2.45. The molecule has 1 aliphatic rings. The molecular weight excluding hydrogens is 613 g/mol. The summed E-state index contributed by atoms with van der Waals surface area (Å²) in [6, 6.07) is 53.0. The third-order valence-corrected chi connectivity index (χ3v) is 10.0. The minimum Gasteiger partial charge on any atom is -0.307 e. The molecule has 0 saturated carbocycles. The Balaban J connectivity index is 1.34. The average Bonchev–Trinajstić information content (AvgIpc) is 3.63. The fraction of sp³-hybridized carbons (Fsp3) is 0.0435. The number of anilines is 1. The lowest BCUT2D eigenvalue weighted by Crippen LogP contribution is -2.29. The highest BCUT2D eigenvalue weighted by Gasteiger charge is 2.39. The van der Waals surface area contributed by atoms with E-state index in [1.54, 1.807) is 6.07 Å². The van der Waals surface area contributed by atoms with Gasteiger partial charge in [0.25, 0.3) is 11.8 Å². The van der Waals surface area contributed by atoms with Gasteiger partial charge in [-0.25, -0.2) is 4.90 Å². The van der Waals surface area contributed by atoms with Gasteiger partial charge >= 0.3 is 0 Å². The number of nitrogens with zero attached hydrogens (tertiary/aromatic N) is 2. The highest BCUT2D eigenvalue weighted by atomic mass is 16.2. The number of hydrogen-bond donors (Lipinski definition) is 0. The quantitative estimate of drug-likeness (QED) is 0.175. The summed E-state index contributed by atoms with van der Waals surface area (Å²) in [6.45, 7) is 4.26. The second-order valence-corrected chi connectivity index (χ2v) is 12.9. The maximum Gasteiger partial charge on any atom is 0.268 e. The lowest BCUT2D eigenvalue weighted by atomic mass is 9.97. The molecule has 0 spiro atoms. The van der Waals surface area contributed by atoms with E-state index in [4.69, 9.17) is 0 Å². The van der Waals surface area contributed by atoms with Crippen LogP contribution in [0.15, 0.2) is 158 Å². The number of aryl methyl sites for hydroxylation is 2. The van der Waals surface area contributed by atoms with Gasteiger partial charge in [0, 0.05) is 21.9 Å². The zero-order chi connectivity index (χ0) is 33.9. The van der Waals surface area contributed by atoms with Crippen LogP contribution >= 0.6 is 0 Å². The largest absolute Gasteiger partial charge is 0.307 e. The summed E-state index contributed by atoms with van der Waals surface area (Å²) in [5.41, 5.74) is 12.7. The molecule has 7 aromatic carbocycles. The van der Waals surface area contributed by atoms with Crippen LogP contribution in [0.5, 0.6) is 0 Å². The van der Waals surface area contributed by atoms with E-state index in [1.807, 2.05) is 66.7 Å². The van der Waals surface area contributed by atoms with Gasteiger partial charge in [0.15, 0.2) is 0 Å². The van der Waals surface area contributed by atoms with Crippen molar-refractivity contribution >= 4 is 39.3 Å². The van der Waals surface area contributed by atoms with Crippen LogP contribution in [-0.4, -0.2) is 16.4 Å². The van der Waals surface area contributed by atoms with Gasteiger partial charge in [-0.3, -0.25) is 9.59 Å². The summed E-state index contributed by atoms with van der Waals surface area (Å²) in [5.74, 6) is -0.654. The van der Waals surface area contributed by atoms with E-state index in [1.165, 1.54) is 4.90 Å². The molecule has 1 aliphatic heterocycles. The van der Waals surface area contributed by atoms with Crippen molar-refractivity contribution in [3.63, 3.8) is 0 Å². The predicted octanol–water partition coefficient (Wildman–Crippen LogP) is 11.2. The van der Waals surface area contributed by atoms with Crippen LogP contribution in [0.1, 0.15) is 31.8 Å². The number of carbonyl (C=O) groups is 2. The summed E-state index contributed by atoms with van der Waals surface area (Å²) in [5, 5.41) is 2.16. The standard InChI is InChI=1S/C46H32N2O2/c1-29-14-6-8-20-34(29)36-22-11-24-38-39-25-12-23-37(35-21-9-7-15-30(35)2)44(39)48(43(36)38)41-27-13-26-40-42(41)46(50)47(45(40)49)33-19-10-18-32(28-33)31-16-4-3-5-17-31/h3-28H,1-2H3. The van der Waals surface area contributed by atoms with Crippen LogP contribution in [0.4, 0.5) is 5.69 Å². The third kappa shape index (κ3) is 4.46. The summed E-state index contributed by atoms with van der Waals surface area (Å²) in [6.07, 6.45) is 0. The molecule has 4 heteroatoms. The van der Waals surface area contributed by atoms with Crippen LogP contribution in [0.25, 0.3) is 60.9 Å². The van der Waals surface area contributed by atoms with Gasteiger partial charge in [-0.05, 0) is 71.5 Å². The molecule has 0 saturated heterocycles. The lowest BCUT2D eigenvalue weighted by Gasteiger charge is -2.18. The molecule has 0 atom stereocenters. The van der Waals surface area contributed by atoms with Gasteiger partial charge in [0.05, 0.1) is 33.5 Å². The number of para-hydroxylation sites is 2. The van der Waals surface area contributed by atoms with Crippen molar-refractivity contribution in [1.29, 1.82) is 0 Å². The van der Waals surface area contributed by atoms with Crippen molar-refractivity contribution in [1.82, 2.24) is 4.57 Å². The van der Waals surface area contributed by atoms with Gasteiger partial charge in [-0.1, -0.05) is 133 Å². The number of carbonyl (C=O) groups excluding carboxylic acids is 2. The second kappa shape index (κ2) is 11.6. The van der Waals surface area contributed by atoms with E-state index in [0.717, 1.165) is 66.3 Å². The monoisotopic (exact) mass is 644 g/mol. The molecule has 0 fully saturated rings. The van der Waals surface area contributed by atoms with Crippen LogP contribution in [-0.2, 0) is 0 Å². The number of amides is 2. The Morgan fingerprint density at radius 3 is 1.54 bits per heavy atom. The molecule has 2 heterocycles. The van der Waals surface area contributed by atoms with Gasteiger partial charge in [0.2, 0.25) is 0 Å². The van der Waals surface area contributed by atoms with Crippen LogP contribution in [0.2, 0.25) is 0 Å². The van der Waals surface area contributed by atoms with E-state index in [9.17, 15) is 9.59 Å². The molecule has 4 nitrogen and oxygen atoms in total. The van der Waals surface area contributed by atoms with Crippen molar-refractivity contribution in [3.05, 3.63) is 180 Å². The minimum absolute atomic E-state index is 0.323. The Morgan fingerprint density at radius 2 is 0.920 bits per heavy atom. The first-order valence-corrected chi connectivity index (χ1v) is 16.9. The topological polar surface area (TPSA) is 42.3 Å². The minimum atomic E-state index is -0.331. The molecule has 9 rings (SSSR count). The third-order valence-electron chi connectivity index (χ3n) is 10.0. The Labute approximate surface area is 290 Å². The molecule has 50 heavy (non-hydrogen) atoms. The van der Waals surface area contributed by atoms with Gasteiger partial charge < -0.3 is 4.57 Å². The molecule has 2 amide bonds. The number of imide groups is 1. The Morgan fingerprint density at radius 1 is 0.420 bits per heavy atom. The van der Waals surface area contributed by atoms with Crippen LogP contribution in [0, 0.1) is 13.8 Å². The zero-order valence-corrected chi connectivity index (χ0v) is 27.7. The van der Waals surface area contributed by atoms with E-state index < -0.39 is 0 Å². The zero-order valence-electron chi connectivity index (χ0n) is 27.7. The number of aromatic nitrogens is 1. The molecule has 238 valence electrons. The molecule has 0 N–H and O–H groups in total. The first-order valence-electron chi connectivity index (χ1n) is 16.9. The Bertz CT molecular complexity index is 2560. The second-order valence-electron chi connectivity index (χ2n) is 12.9.